The minimum absolute atomic E-state index is 0.0222. The molecule has 1 amide bonds. The summed E-state index contributed by atoms with van der Waals surface area (Å²) in [5.41, 5.74) is 0.723. The van der Waals surface area contributed by atoms with Crippen LogP contribution < -0.4 is 15.4 Å². The molecule has 0 radical (unpaired) electrons. The van der Waals surface area contributed by atoms with Gasteiger partial charge in [0.25, 0.3) is 0 Å². The van der Waals surface area contributed by atoms with Gasteiger partial charge in [-0.2, -0.15) is 5.26 Å². The Balaban J connectivity index is 2.38. The number of amides is 1. The normalized spacial score (nSPS) is 9.56. The number of nitrogens with one attached hydrogen (secondary N) is 2. The molecule has 0 aliphatic heterocycles. The third kappa shape index (κ3) is 5.32. The highest BCUT2D eigenvalue weighted by atomic mass is 16.5. The Bertz CT molecular complexity index is 409. The molecule has 1 rings (SSSR count). The van der Waals surface area contributed by atoms with Crippen molar-refractivity contribution in [3.63, 3.8) is 0 Å². The van der Waals surface area contributed by atoms with Crippen molar-refractivity contribution in [2.75, 3.05) is 25.0 Å². The van der Waals surface area contributed by atoms with Crippen LogP contribution in [0.4, 0.5) is 5.69 Å². The maximum atomic E-state index is 11.5. The zero-order valence-electron chi connectivity index (χ0n) is 10.4. The first-order valence-electron chi connectivity index (χ1n) is 5.86. The third-order valence-electron chi connectivity index (χ3n) is 2.22. The van der Waals surface area contributed by atoms with E-state index >= 15 is 0 Å². The minimum Gasteiger partial charge on any atom is -0.479 e. The van der Waals surface area contributed by atoms with E-state index in [0.29, 0.717) is 18.7 Å². The number of benzene rings is 1. The molecule has 0 bridgehead atoms. The molecule has 0 spiro atoms. The summed E-state index contributed by atoms with van der Waals surface area (Å²) in [4.78, 5) is 11.5. The van der Waals surface area contributed by atoms with Crippen LogP contribution in [0, 0.1) is 11.3 Å². The smallest absolute Gasteiger partial charge is 0.225 e. The van der Waals surface area contributed by atoms with Crippen molar-refractivity contribution in [2.24, 2.45) is 0 Å². The van der Waals surface area contributed by atoms with Crippen LogP contribution in [0.3, 0.4) is 0 Å². The number of nitriles is 1. The van der Waals surface area contributed by atoms with Gasteiger partial charge in [-0.25, -0.2) is 0 Å². The van der Waals surface area contributed by atoms with E-state index < -0.39 is 0 Å². The quantitative estimate of drug-likeness (QED) is 0.716. The largest absolute Gasteiger partial charge is 0.479 e. The number of nitrogens with zero attached hydrogens (tertiary/aromatic N) is 1. The zero-order valence-corrected chi connectivity index (χ0v) is 10.4. The lowest BCUT2D eigenvalue weighted by Crippen LogP contribution is -2.21. The van der Waals surface area contributed by atoms with Gasteiger partial charge in [0.2, 0.25) is 5.91 Å². The Hall–Kier alpha value is -2.06. The number of ether oxygens (including phenoxy) is 1. The van der Waals surface area contributed by atoms with Gasteiger partial charge >= 0.3 is 0 Å². The van der Waals surface area contributed by atoms with Gasteiger partial charge in [-0.05, 0) is 30.8 Å². The molecular weight excluding hydrogens is 230 g/mol. The summed E-state index contributed by atoms with van der Waals surface area (Å²) >= 11 is 0. The summed E-state index contributed by atoms with van der Waals surface area (Å²) < 4.78 is 5.11. The molecule has 2 N–H and O–H groups in total. The number of hydrogen-bond donors (Lipinski definition) is 2. The van der Waals surface area contributed by atoms with Crippen molar-refractivity contribution in [3.8, 4) is 11.8 Å². The first-order valence-corrected chi connectivity index (χ1v) is 5.86. The van der Waals surface area contributed by atoms with Gasteiger partial charge in [0.15, 0.2) is 6.61 Å². The topological polar surface area (TPSA) is 74.2 Å². The van der Waals surface area contributed by atoms with Crippen LogP contribution >= 0.6 is 0 Å². The predicted molar refractivity (Wildman–Crippen MR) is 69.3 cm³/mol. The molecular formula is C13H17N3O2. The Labute approximate surface area is 107 Å². The van der Waals surface area contributed by atoms with Crippen molar-refractivity contribution in [1.82, 2.24) is 5.32 Å². The fraction of sp³-hybridized carbons (Fsp3) is 0.385. The Kier molecular flexibility index (Phi) is 6.30. The Morgan fingerprint density at radius 1 is 1.39 bits per heavy atom. The molecule has 0 fully saturated rings. The molecule has 0 aliphatic rings. The van der Waals surface area contributed by atoms with Crippen molar-refractivity contribution < 1.29 is 9.53 Å². The highest BCUT2D eigenvalue weighted by molar-refractivity contribution is 5.90. The summed E-state index contributed by atoms with van der Waals surface area (Å²) in [5, 5.41) is 14.2. The molecule has 5 heteroatoms. The zero-order chi connectivity index (χ0) is 13.2. The maximum absolute atomic E-state index is 11.5. The van der Waals surface area contributed by atoms with Crippen molar-refractivity contribution in [1.29, 1.82) is 5.26 Å². The number of carbonyl (C=O) groups is 1. The minimum atomic E-state index is -0.0263. The lowest BCUT2D eigenvalue weighted by atomic mass is 10.3. The Morgan fingerprint density at radius 2 is 2.11 bits per heavy atom. The van der Waals surface area contributed by atoms with Crippen LogP contribution in [-0.2, 0) is 4.79 Å². The van der Waals surface area contributed by atoms with Crippen LogP contribution in [0.2, 0.25) is 0 Å². The fourth-order valence-corrected chi connectivity index (χ4v) is 1.35. The van der Waals surface area contributed by atoms with Crippen LogP contribution in [0.1, 0.15) is 13.3 Å². The highest BCUT2D eigenvalue weighted by Crippen LogP contribution is 2.15. The van der Waals surface area contributed by atoms with Crippen molar-refractivity contribution >= 4 is 11.6 Å². The molecule has 0 aromatic heterocycles. The van der Waals surface area contributed by atoms with Gasteiger partial charge < -0.3 is 15.4 Å². The molecule has 0 heterocycles. The van der Waals surface area contributed by atoms with Crippen LogP contribution in [0.15, 0.2) is 24.3 Å². The number of anilines is 1. The second-order valence-corrected chi connectivity index (χ2v) is 3.62. The van der Waals surface area contributed by atoms with E-state index in [4.69, 9.17) is 10.00 Å². The summed E-state index contributed by atoms with van der Waals surface area (Å²) in [6.45, 7) is 3.55. The summed E-state index contributed by atoms with van der Waals surface area (Å²) in [6.07, 6.45) is 0.445. The molecule has 18 heavy (non-hydrogen) atoms. The maximum Gasteiger partial charge on any atom is 0.225 e. The number of rotatable bonds is 7. The molecule has 0 saturated heterocycles. The number of hydrogen-bond acceptors (Lipinski definition) is 4. The van der Waals surface area contributed by atoms with E-state index in [1.165, 1.54) is 0 Å². The molecule has 96 valence electrons. The van der Waals surface area contributed by atoms with E-state index in [1.54, 1.807) is 24.3 Å². The van der Waals surface area contributed by atoms with Gasteiger partial charge in [0.1, 0.15) is 11.8 Å². The number of carbonyl (C=O) groups excluding carboxylic acids is 1. The van der Waals surface area contributed by atoms with Gasteiger partial charge in [-0.3, -0.25) is 4.79 Å². The molecule has 0 unspecified atom stereocenters. The predicted octanol–water partition coefficient (Wildman–Crippen LogP) is 1.53. The molecule has 1 aromatic carbocycles. The Morgan fingerprint density at radius 3 is 2.72 bits per heavy atom. The van der Waals surface area contributed by atoms with Gasteiger partial charge in [-0.1, -0.05) is 6.92 Å². The lowest BCUT2D eigenvalue weighted by molar-refractivity contribution is -0.116. The van der Waals surface area contributed by atoms with Crippen molar-refractivity contribution in [2.45, 2.75) is 13.3 Å². The van der Waals surface area contributed by atoms with Crippen molar-refractivity contribution in [3.05, 3.63) is 24.3 Å². The summed E-state index contributed by atoms with van der Waals surface area (Å²) in [5.74, 6) is 0.587. The van der Waals surface area contributed by atoms with E-state index in [1.807, 2.05) is 13.0 Å². The SMILES string of the molecule is CCNCCC(=O)Nc1ccc(OCC#N)cc1. The summed E-state index contributed by atoms with van der Waals surface area (Å²) in [6, 6.07) is 8.83. The lowest BCUT2D eigenvalue weighted by Gasteiger charge is -2.06. The first kappa shape index (κ1) is 14.0. The molecule has 0 saturated carbocycles. The van der Waals surface area contributed by atoms with Crippen LogP contribution in [-0.4, -0.2) is 25.6 Å². The molecule has 0 aliphatic carbocycles. The summed E-state index contributed by atoms with van der Waals surface area (Å²) in [7, 11) is 0. The van der Waals surface area contributed by atoms with E-state index in [2.05, 4.69) is 10.6 Å². The monoisotopic (exact) mass is 247 g/mol. The van der Waals surface area contributed by atoms with E-state index in [0.717, 1.165) is 12.2 Å². The highest BCUT2D eigenvalue weighted by Gasteiger charge is 2.01. The fourth-order valence-electron chi connectivity index (χ4n) is 1.35. The van der Waals surface area contributed by atoms with Crippen LogP contribution in [0.25, 0.3) is 0 Å². The average molecular weight is 247 g/mol. The van der Waals surface area contributed by atoms with Crippen LogP contribution in [0.5, 0.6) is 5.75 Å². The second-order valence-electron chi connectivity index (χ2n) is 3.62. The molecule has 5 nitrogen and oxygen atoms in total. The average Bonchev–Trinajstić information content (AvgIpc) is 2.38. The first-order chi connectivity index (χ1) is 8.76. The standard InChI is InChI=1S/C13H17N3O2/c1-2-15-9-7-13(17)16-11-3-5-12(6-4-11)18-10-8-14/h3-6,15H,2,7,9-10H2,1H3,(H,16,17). The molecule has 1 aromatic rings. The van der Waals surface area contributed by atoms with E-state index in [9.17, 15) is 4.79 Å². The van der Waals surface area contributed by atoms with Gasteiger partial charge in [-0.15, -0.1) is 0 Å². The van der Waals surface area contributed by atoms with Gasteiger partial charge in [0, 0.05) is 18.7 Å². The van der Waals surface area contributed by atoms with Gasteiger partial charge in [0.05, 0.1) is 0 Å². The molecule has 0 atom stereocenters. The second kappa shape index (κ2) is 8.09. The van der Waals surface area contributed by atoms with E-state index in [-0.39, 0.29) is 12.5 Å². The third-order valence-corrected chi connectivity index (χ3v) is 2.22.